The van der Waals surface area contributed by atoms with E-state index in [-0.39, 0.29) is 0 Å². The summed E-state index contributed by atoms with van der Waals surface area (Å²) in [6, 6.07) is -0.474. The van der Waals surface area contributed by atoms with Gasteiger partial charge in [-0.15, -0.1) is 0 Å². The molecule has 5 nitrogen and oxygen atoms in total. The summed E-state index contributed by atoms with van der Waals surface area (Å²) >= 11 is 0. The first-order valence-corrected chi connectivity index (χ1v) is 8.45. The van der Waals surface area contributed by atoms with Gasteiger partial charge in [-0.3, -0.25) is 9.69 Å². The second kappa shape index (κ2) is 9.38. The highest BCUT2D eigenvalue weighted by molar-refractivity contribution is 5.83. The Labute approximate surface area is 128 Å². The fraction of sp³-hybridized carbons (Fsp3) is 0.938. The van der Waals surface area contributed by atoms with Crippen molar-refractivity contribution in [2.24, 2.45) is 0 Å². The Hall–Kier alpha value is -0.650. The van der Waals surface area contributed by atoms with E-state index in [1.54, 1.807) is 0 Å². The van der Waals surface area contributed by atoms with E-state index in [4.69, 9.17) is 0 Å². The van der Waals surface area contributed by atoms with E-state index in [1.165, 1.54) is 45.6 Å². The minimum atomic E-state index is -2.27. The Morgan fingerprint density at radius 3 is 2.43 bits per heavy atom. The Kier molecular flexibility index (Phi) is 8.22. The number of nitrogens with zero attached hydrogens (tertiary/aromatic N) is 1. The molecule has 3 N–H and O–H groups in total. The van der Waals surface area contributed by atoms with Gasteiger partial charge in [-0.2, -0.15) is 0 Å². The van der Waals surface area contributed by atoms with Gasteiger partial charge in [0, 0.05) is 7.05 Å². The molecule has 1 aliphatic heterocycles. The lowest BCUT2D eigenvalue weighted by Crippen LogP contribution is -2.58. The number of nitrogens with one attached hydrogen (secondary N) is 1. The normalized spacial score (nSPS) is 19.9. The van der Waals surface area contributed by atoms with Crippen LogP contribution in [0.2, 0.25) is 0 Å². The number of likely N-dealkylation sites (N-methyl/N-ethyl adjacent to an activating group) is 1. The summed E-state index contributed by atoms with van der Waals surface area (Å²) in [5.74, 6) is -2.98. The Bertz CT molecular complexity index is 308. The maximum absolute atomic E-state index is 11.6. The molecule has 0 aliphatic carbocycles. The topological polar surface area (TPSA) is 72.8 Å². The summed E-state index contributed by atoms with van der Waals surface area (Å²) < 4.78 is 0. The van der Waals surface area contributed by atoms with Crippen LogP contribution in [0.4, 0.5) is 0 Å². The van der Waals surface area contributed by atoms with E-state index in [2.05, 4.69) is 17.1 Å². The summed E-state index contributed by atoms with van der Waals surface area (Å²) in [6.07, 6.45) is 10.3. The van der Waals surface area contributed by atoms with Gasteiger partial charge < -0.3 is 15.5 Å². The smallest absolute Gasteiger partial charge is 0.281 e. The number of hydrogen-bond donors (Lipinski definition) is 3. The number of rotatable bonds is 10. The summed E-state index contributed by atoms with van der Waals surface area (Å²) in [7, 11) is 1.43. The Morgan fingerprint density at radius 1 is 1.19 bits per heavy atom. The van der Waals surface area contributed by atoms with Gasteiger partial charge in [-0.25, -0.2) is 0 Å². The van der Waals surface area contributed by atoms with Gasteiger partial charge in [0.2, 0.25) is 0 Å². The van der Waals surface area contributed by atoms with Crippen LogP contribution >= 0.6 is 0 Å². The van der Waals surface area contributed by atoms with Crippen LogP contribution in [-0.2, 0) is 4.79 Å². The molecule has 1 atom stereocenters. The van der Waals surface area contributed by atoms with Crippen LogP contribution in [0.15, 0.2) is 0 Å². The number of aliphatic hydroxyl groups is 2. The molecule has 1 unspecified atom stereocenters. The van der Waals surface area contributed by atoms with E-state index in [1.807, 2.05) is 0 Å². The highest BCUT2D eigenvalue weighted by Gasteiger charge is 2.46. The standard InChI is InChI=1S/C16H32N2O3/c1-3-4-5-6-7-8-9-12-18-13-10-11-14(18)16(20,21)15(19)17-2/h14,20-21H,3-13H2,1-2H3,(H,17,19). The van der Waals surface area contributed by atoms with E-state index in [9.17, 15) is 15.0 Å². The van der Waals surface area contributed by atoms with Crippen LogP contribution < -0.4 is 5.32 Å². The molecule has 5 heteroatoms. The van der Waals surface area contributed by atoms with Crippen molar-refractivity contribution in [3.63, 3.8) is 0 Å². The summed E-state index contributed by atoms with van der Waals surface area (Å²) in [6.45, 7) is 3.91. The minimum Gasteiger partial charge on any atom is -0.357 e. The van der Waals surface area contributed by atoms with Crippen LogP contribution in [0.3, 0.4) is 0 Å². The second-order valence-electron chi connectivity index (χ2n) is 6.12. The van der Waals surface area contributed by atoms with Crippen molar-refractivity contribution in [2.45, 2.75) is 76.5 Å². The molecule has 1 saturated heterocycles. The summed E-state index contributed by atoms with van der Waals surface area (Å²) in [4.78, 5) is 13.7. The van der Waals surface area contributed by atoms with Crippen LogP contribution in [0.25, 0.3) is 0 Å². The molecule has 1 amide bonds. The van der Waals surface area contributed by atoms with Crippen molar-refractivity contribution in [1.29, 1.82) is 0 Å². The molecule has 1 fully saturated rings. The predicted molar refractivity (Wildman–Crippen MR) is 83.8 cm³/mol. The number of amides is 1. The highest BCUT2D eigenvalue weighted by atomic mass is 16.5. The van der Waals surface area contributed by atoms with Gasteiger partial charge in [0.25, 0.3) is 11.7 Å². The zero-order valence-electron chi connectivity index (χ0n) is 13.6. The van der Waals surface area contributed by atoms with Crippen molar-refractivity contribution in [2.75, 3.05) is 20.1 Å². The van der Waals surface area contributed by atoms with Gasteiger partial charge >= 0.3 is 0 Å². The van der Waals surface area contributed by atoms with Crippen molar-refractivity contribution in [3.8, 4) is 0 Å². The first kappa shape index (κ1) is 18.4. The van der Waals surface area contributed by atoms with Crippen LogP contribution in [-0.4, -0.2) is 53.0 Å². The monoisotopic (exact) mass is 300 g/mol. The van der Waals surface area contributed by atoms with Crippen LogP contribution in [0.5, 0.6) is 0 Å². The molecule has 0 aromatic heterocycles. The molecule has 0 aromatic rings. The Morgan fingerprint density at radius 2 is 1.81 bits per heavy atom. The van der Waals surface area contributed by atoms with Gasteiger partial charge in [0.15, 0.2) is 0 Å². The lowest BCUT2D eigenvalue weighted by Gasteiger charge is -2.33. The van der Waals surface area contributed by atoms with Gasteiger partial charge in [-0.1, -0.05) is 45.4 Å². The number of unbranched alkanes of at least 4 members (excludes halogenated alkanes) is 6. The third-order valence-corrected chi connectivity index (χ3v) is 4.44. The fourth-order valence-corrected chi connectivity index (χ4v) is 3.16. The summed E-state index contributed by atoms with van der Waals surface area (Å²) in [5.41, 5.74) is 0. The van der Waals surface area contributed by atoms with Gasteiger partial charge in [0.1, 0.15) is 0 Å². The largest absolute Gasteiger partial charge is 0.357 e. The molecule has 0 spiro atoms. The quantitative estimate of drug-likeness (QED) is 0.423. The first-order chi connectivity index (χ1) is 10.0. The molecule has 1 rings (SSSR count). The third-order valence-electron chi connectivity index (χ3n) is 4.44. The molecular formula is C16H32N2O3. The molecule has 1 aliphatic rings. The number of likely N-dealkylation sites (tertiary alicyclic amines) is 1. The van der Waals surface area contributed by atoms with E-state index in [0.717, 1.165) is 25.9 Å². The fourth-order valence-electron chi connectivity index (χ4n) is 3.16. The molecule has 21 heavy (non-hydrogen) atoms. The van der Waals surface area contributed by atoms with Crippen molar-refractivity contribution in [3.05, 3.63) is 0 Å². The molecule has 0 bridgehead atoms. The van der Waals surface area contributed by atoms with E-state index in [0.29, 0.717) is 6.42 Å². The lowest BCUT2D eigenvalue weighted by molar-refractivity contribution is -0.205. The lowest BCUT2D eigenvalue weighted by atomic mass is 10.0. The maximum Gasteiger partial charge on any atom is 0.281 e. The van der Waals surface area contributed by atoms with Gasteiger partial charge in [0.05, 0.1) is 6.04 Å². The van der Waals surface area contributed by atoms with Crippen molar-refractivity contribution >= 4 is 5.91 Å². The zero-order chi connectivity index (χ0) is 15.7. The number of hydrogen-bond acceptors (Lipinski definition) is 4. The van der Waals surface area contributed by atoms with E-state index >= 15 is 0 Å². The first-order valence-electron chi connectivity index (χ1n) is 8.45. The molecule has 1 heterocycles. The van der Waals surface area contributed by atoms with Crippen molar-refractivity contribution in [1.82, 2.24) is 10.2 Å². The minimum absolute atomic E-state index is 0.474. The zero-order valence-corrected chi connectivity index (χ0v) is 13.6. The maximum atomic E-state index is 11.6. The van der Waals surface area contributed by atoms with E-state index < -0.39 is 17.7 Å². The van der Waals surface area contributed by atoms with Crippen LogP contribution in [0.1, 0.15) is 64.7 Å². The van der Waals surface area contributed by atoms with Crippen LogP contribution in [0, 0.1) is 0 Å². The molecular weight excluding hydrogens is 268 g/mol. The highest BCUT2D eigenvalue weighted by Crippen LogP contribution is 2.26. The molecule has 0 saturated carbocycles. The predicted octanol–water partition coefficient (Wildman–Crippen LogP) is 1.63. The van der Waals surface area contributed by atoms with Gasteiger partial charge in [-0.05, 0) is 32.4 Å². The summed E-state index contributed by atoms with van der Waals surface area (Å²) in [5, 5.41) is 22.4. The second-order valence-corrected chi connectivity index (χ2v) is 6.12. The number of carbonyl (C=O) groups is 1. The number of carbonyl (C=O) groups excluding carboxylic acids is 1. The SMILES string of the molecule is CCCCCCCCCN1CCCC1C(O)(O)C(=O)NC. The molecule has 124 valence electrons. The third kappa shape index (κ3) is 5.57. The molecule has 0 radical (unpaired) electrons. The average molecular weight is 300 g/mol. The average Bonchev–Trinajstić information content (AvgIpc) is 2.94. The van der Waals surface area contributed by atoms with Crippen molar-refractivity contribution < 1.29 is 15.0 Å². The molecule has 0 aromatic carbocycles. The Balaban J connectivity index is 2.29.